The highest BCUT2D eigenvalue weighted by atomic mass is 32.2. The lowest BCUT2D eigenvalue weighted by molar-refractivity contribution is 0.0583. The van der Waals surface area contributed by atoms with E-state index in [1.165, 1.54) is 10.7 Å². The van der Waals surface area contributed by atoms with E-state index in [2.05, 4.69) is 9.46 Å². The van der Waals surface area contributed by atoms with Gasteiger partial charge in [0.1, 0.15) is 10.6 Å². The fourth-order valence-electron chi connectivity index (χ4n) is 3.70. The predicted octanol–water partition coefficient (Wildman–Crippen LogP) is 2.67. The van der Waals surface area contributed by atoms with E-state index >= 15 is 0 Å². The first-order chi connectivity index (χ1) is 16.0. The zero-order valence-corrected chi connectivity index (χ0v) is 20.2. The van der Waals surface area contributed by atoms with Crippen molar-refractivity contribution in [1.82, 2.24) is 9.36 Å². The standard InChI is InChI=1S/C23H25N3O7S/c1-14(2)20-19(21(27)26(25(20)3)16-9-7-6-8-10-16)24-34(30,31)18-13-15(22(28)32-4)11-12-17(18)23(29)33-5/h6-14,24H,1-5H3. The highest BCUT2D eigenvalue weighted by Crippen LogP contribution is 2.27. The van der Waals surface area contributed by atoms with Gasteiger partial charge in [-0.15, -0.1) is 0 Å². The molecule has 0 fully saturated rings. The summed E-state index contributed by atoms with van der Waals surface area (Å²) in [5.41, 5.74) is -0.167. The Morgan fingerprint density at radius 2 is 1.59 bits per heavy atom. The van der Waals surface area contributed by atoms with Gasteiger partial charge in [0.15, 0.2) is 0 Å². The summed E-state index contributed by atoms with van der Waals surface area (Å²) < 4.78 is 41.5. The number of rotatable bonds is 7. The normalized spacial score (nSPS) is 11.4. The molecule has 0 aliphatic rings. The third-order valence-electron chi connectivity index (χ3n) is 5.19. The van der Waals surface area contributed by atoms with Crippen LogP contribution in [0.5, 0.6) is 0 Å². The van der Waals surface area contributed by atoms with Crippen molar-refractivity contribution in [2.24, 2.45) is 7.05 Å². The predicted molar refractivity (Wildman–Crippen MR) is 125 cm³/mol. The summed E-state index contributed by atoms with van der Waals surface area (Å²) in [6.45, 7) is 3.64. The molecule has 0 atom stereocenters. The van der Waals surface area contributed by atoms with Crippen LogP contribution in [-0.4, -0.2) is 43.9 Å². The number of carbonyl (C=O) groups is 2. The maximum Gasteiger partial charge on any atom is 0.339 e. The maximum atomic E-state index is 13.5. The van der Waals surface area contributed by atoms with Crippen LogP contribution in [0.4, 0.5) is 5.69 Å². The Kier molecular flexibility index (Phi) is 6.96. The Hall–Kier alpha value is -3.86. The number of nitrogens with one attached hydrogen (secondary N) is 1. The van der Waals surface area contributed by atoms with Crippen LogP contribution >= 0.6 is 0 Å². The van der Waals surface area contributed by atoms with E-state index in [9.17, 15) is 22.8 Å². The van der Waals surface area contributed by atoms with Crippen LogP contribution in [0, 0.1) is 0 Å². The van der Waals surface area contributed by atoms with Crippen LogP contribution in [-0.2, 0) is 26.5 Å². The molecule has 0 aliphatic carbocycles. The van der Waals surface area contributed by atoms with Crippen LogP contribution in [0.3, 0.4) is 0 Å². The first-order valence-electron chi connectivity index (χ1n) is 10.2. The average Bonchev–Trinajstić information content (AvgIpc) is 3.06. The van der Waals surface area contributed by atoms with Gasteiger partial charge >= 0.3 is 11.9 Å². The summed E-state index contributed by atoms with van der Waals surface area (Å²) in [6, 6.07) is 12.2. The molecule has 2 aromatic carbocycles. The second-order valence-electron chi connectivity index (χ2n) is 7.69. The molecule has 1 N–H and O–H groups in total. The van der Waals surface area contributed by atoms with Crippen molar-refractivity contribution in [3.63, 3.8) is 0 Å². The number of sulfonamides is 1. The summed E-state index contributed by atoms with van der Waals surface area (Å²) in [4.78, 5) is 37.1. The molecule has 1 aromatic heterocycles. The van der Waals surface area contributed by atoms with Gasteiger partial charge in [-0.05, 0) is 36.2 Å². The molecule has 3 rings (SSSR count). The molecule has 0 amide bonds. The van der Waals surface area contributed by atoms with Gasteiger partial charge in [0.05, 0.1) is 36.7 Å². The molecule has 10 nitrogen and oxygen atoms in total. The molecular formula is C23H25N3O7S. The van der Waals surface area contributed by atoms with Gasteiger partial charge in [-0.25, -0.2) is 22.7 Å². The molecule has 180 valence electrons. The van der Waals surface area contributed by atoms with Crippen molar-refractivity contribution in [3.8, 4) is 5.69 Å². The Bertz CT molecular complexity index is 1400. The molecule has 1 heterocycles. The van der Waals surface area contributed by atoms with Crippen molar-refractivity contribution in [1.29, 1.82) is 0 Å². The lowest BCUT2D eigenvalue weighted by Crippen LogP contribution is -2.24. The summed E-state index contributed by atoms with van der Waals surface area (Å²) in [5, 5.41) is 0. The molecule has 0 saturated carbocycles. The third kappa shape index (κ3) is 4.46. The van der Waals surface area contributed by atoms with E-state index in [4.69, 9.17) is 4.74 Å². The summed E-state index contributed by atoms with van der Waals surface area (Å²) in [5.74, 6) is -1.95. The Labute approximate surface area is 196 Å². The maximum absolute atomic E-state index is 13.5. The number of anilines is 1. The smallest absolute Gasteiger partial charge is 0.339 e. The van der Waals surface area contributed by atoms with Crippen LogP contribution < -0.4 is 10.3 Å². The highest BCUT2D eigenvalue weighted by Gasteiger charge is 2.30. The zero-order valence-electron chi connectivity index (χ0n) is 19.4. The molecule has 0 unspecified atom stereocenters. The SMILES string of the molecule is COC(=O)c1ccc(C(=O)OC)c(S(=O)(=O)Nc2c(C(C)C)n(C)n(-c3ccccc3)c2=O)c1. The fraction of sp³-hybridized carbons (Fsp3) is 0.261. The van der Waals surface area contributed by atoms with E-state index in [0.29, 0.717) is 11.4 Å². The summed E-state index contributed by atoms with van der Waals surface area (Å²) in [7, 11) is -0.610. The van der Waals surface area contributed by atoms with E-state index in [1.807, 2.05) is 13.8 Å². The van der Waals surface area contributed by atoms with Crippen molar-refractivity contribution in [2.75, 3.05) is 18.9 Å². The largest absolute Gasteiger partial charge is 0.465 e. The van der Waals surface area contributed by atoms with E-state index in [-0.39, 0.29) is 22.7 Å². The molecule has 34 heavy (non-hydrogen) atoms. The van der Waals surface area contributed by atoms with Gasteiger partial charge in [-0.1, -0.05) is 32.0 Å². The Balaban J connectivity index is 2.23. The second-order valence-corrected chi connectivity index (χ2v) is 9.34. The number of hydrogen-bond acceptors (Lipinski definition) is 7. The number of esters is 2. The quantitative estimate of drug-likeness (QED) is 0.508. The number of ether oxygens (including phenoxy) is 2. The summed E-state index contributed by atoms with van der Waals surface area (Å²) >= 11 is 0. The number of para-hydroxylation sites is 1. The second kappa shape index (κ2) is 9.56. The number of aromatic nitrogens is 2. The van der Waals surface area contributed by atoms with Gasteiger partial charge in [0.25, 0.3) is 15.6 Å². The van der Waals surface area contributed by atoms with Gasteiger partial charge in [-0.2, -0.15) is 0 Å². The molecular weight excluding hydrogens is 462 g/mol. The molecule has 0 saturated heterocycles. The topological polar surface area (TPSA) is 126 Å². The highest BCUT2D eigenvalue weighted by molar-refractivity contribution is 7.92. The van der Waals surface area contributed by atoms with E-state index in [0.717, 1.165) is 26.4 Å². The first-order valence-corrected chi connectivity index (χ1v) is 11.7. The van der Waals surface area contributed by atoms with Gasteiger partial charge < -0.3 is 9.47 Å². The minimum Gasteiger partial charge on any atom is -0.465 e. The van der Waals surface area contributed by atoms with Crippen molar-refractivity contribution in [3.05, 3.63) is 75.7 Å². The van der Waals surface area contributed by atoms with Crippen LogP contribution in [0.25, 0.3) is 5.69 Å². The Morgan fingerprint density at radius 3 is 2.15 bits per heavy atom. The number of carbonyl (C=O) groups excluding carboxylic acids is 2. The minimum atomic E-state index is -4.51. The van der Waals surface area contributed by atoms with Crippen molar-refractivity contribution in [2.45, 2.75) is 24.7 Å². The van der Waals surface area contributed by atoms with Gasteiger partial charge in [0.2, 0.25) is 0 Å². The monoisotopic (exact) mass is 487 g/mol. The van der Waals surface area contributed by atoms with Crippen molar-refractivity contribution >= 4 is 27.6 Å². The fourth-order valence-corrected chi connectivity index (χ4v) is 4.99. The van der Waals surface area contributed by atoms with Crippen LogP contribution in [0.1, 0.15) is 46.2 Å². The third-order valence-corrected chi connectivity index (χ3v) is 6.58. The molecule has 0 spiro atoms. The van der Waals surface area contributed by atoms with Crippen LogP contribution in [0.15, 0.2) is 58.2 Å². The van der Waals surface area contributed by atoms with E-state index < -0.39 is 32.4 Å². The molecule has 0 radical (unpaired) electrons. The number of nitrogens with zero attached hydrogens (tertiary/aromatic N) is 2. The molecule has 3 aromatic rings. The van der Waals surface area contributed by atoms with Crippen LogP contribution in [0.2, 0.25) is 0 Å². The molecule has 0 bridgehead atoms. The lowest BCUT2D eigenvalue weighted by Gasteiger charge is -2.14. The van der Waals surface area contributed by atoms with Crippen molar-refractivity contribution < 1.29 is 27.5 Å². The van der Waals surface area contributed by atoms with E-state index in [1.54, 1.807) is 42.1 Å². The first kappa shape index (κ1) is 24.8. The number of methoxy groups -OCH3 is 2. The molecule has 0 aliphatic heterocycles. The van der Waals surface area contributed by atoms with Gasteiger partial charge in [-0.3, -0.25) is 14.2 Å². The lowest BCUT2D eigenvalue weighted by atomic mass is 10.1. The minimum absolute atomic E-state index is 0.0885. The molecule has 11 heteroatoms. The van der Waals surface area contributed by atoms with Gasteiger partial charge in [0, 0.05) is 7.05 Å². The number of benzene rings is 2. The Morgan fingerprint density at radius 1 is 0.971 bits per heavy atom. The number of hydrogen-bond donors (Lipinski definition) is 1. The zero-order chi connectivity index (χ0) is 25.2. The average molecular weight is 488 g/mol. The summed E-state index contributed by atoms with van der Waals surface area (Å²) in [6.07, 6.45) is 0.